The predicted molar refractivity (Wildman–Crippen MR) is 83.5 cm³/mol. The molecule has 0 radical (unpaired) electrons. The van der Waals surface area contributed by atoms with E-state index in [0.717, 1.165) is 0 Å². The maximum atomic E-state index is 12.1. The number of rotatable bonds is 5. The number of carbonyl (C=O) groups is 2. The van der Waals surface area contributed by atoms with Crippen LogP contribution in [0.2, 0.25) is 10.0 Å². The molecular weight excluding hydrogens is 329 g/mol. The van der Waals surface area contributed by atoms with Gasteiger partial charge in [-0.15, -0.1) is 0 Å². The molecule has 5 nitrogen and oxygen atoms in total. The van der Waals surface area contributed by atoms with Crippen LogP contribution in [0.1, 0.15) is 26.2 Å². The molecule has 22 heavy (non-hydrogen) atoms. The molecule has 1 aliphatic carbocycles. The van der Waals surface area contributed by atoms with Crippen LogP contribution in [-0.4, -0.2) is 29.1 Å². The van der Waals surface area contributed by atoms with E-state index in [1.165, 1.54) is 0 Å². The number of carbonyl (C=O) groups excluding carboxylic acids is 1. The molecule has 120 valence electrons. The molecular formula is C15H17Cl2NO4. The maximum absolute atomic E-state index is 12.1. The molecule has 0 aromatic heterocycles. The number of carboxylic acids is 1. The number of carboxylic acid groups (broad SMARTS) is 1. The number of hydrogen-bond acceptors (Lipinski definition) is 3. The molecule has 0 bridgehead atoms. The first-order chi connectivity index (χ1) is 10.4. The second-order valence-corrected chi connectivity index (χ2v) is 6.20. The molecule has 0 heterocycles. The third kappa shape index (κ3) is 4.27. The highest BCUT2D eigenvalue weighted by atomic mass is 35.5. The normalized spacial score (nSPS) is 22.1. The van der Waals surface area contributed by atoms with Crippen LogP contribution in [0, 0.1) is 5.92 Å². The van der Waals surface area contributed by atoms with Crippen molar-refractivity contribution in [2.45, 2.75) is 38.3 Å². The van der Waals surface area contributed by atoms with Gasteiger partial charge in [-0.05, 0) is 38.3 Å². The van der Waals surface area contributed by atoms with Gasteiger partial charge in [0, 0.05) is 12.1 Å². The lowest BCUT2D eigenvalue weighted by molar-refractivity contribution is -0.141. The third-order valence-corrected chi connectivity index (χ3v) is 4.44. The first-order valence-corrected chi connectivity index (χ1v) is 7.77. The van der Waals surface area contributed by atoms with Crippen LogP contribution in [0.4, 0.5) is 0 Å². The second-order valence-electron chi connectivity index (χ2n) is 5.39. The van der Waals surface area contributed by atoms with Gasteiger partial charge in [-0.25, -0.2) is 0 Å². The van der Waals surface area contributed by atoms with Crippen molar-refractivity contribution in [3.8, 4) is 5.75 Å². The smallest absolute Gasteiger partial charge is 0.306 e. The summed E-state index contributed by atoms with van der Waals surface area (Å²) in [5, 5.41) is 12.5. The van der Waals surface area contributed by atoms with E-state index in [2.05, 4.69) is 5.32 Å². The zero-order chi connectivity index (χ0) is 16.3. The van der Waals surface area contributed by atoms with Crippen molar-refractivity contribution in [3.05, 3.63) is 28.2 Å². The van der Waals surface area contributed by atoms with Crippen LogP contribution < -0.4 is 10.1 Å². The molecule has 2 N–H and O–H groups in total. The van der Waals surface area contributed by atoms with Gasteiger partial charge in [0.15, 0.2) is 6.10 Å². The number of halogens is 2. The van der Waals surface area contributed by atoms with Gasteiger partial charge < -0.3 is 15.2 Å². The Kier molecular flexibility index (Phi) is 5.53. The lowest BCUT2D eigenvalue weighted by Gasteiger charge is -2.18. The van der Waals surface area contributed by atoms with Gasteiger partial charge in [0.05, 0.1) is 16.0 Å². The molecule has 1 saturated carbocycles. The van der Waals surface area contributed by atoms with Crippen LogP contribution in [0.5, 0.6) is 5.75 Å². The molecule has 2 rings (SSSR count). The minimum Gasteiger partial charge on any atom is -0.481 e. The van der Waals surface area contributed by atoms with Crippen molar-refractivity contribution in [3.63, 3.8) is 0 Å². The molecule has 0 aliphatic heterocycles. The van der Waals surface area contributed by atoms with Crippen molar-refractivity contribution < 1.29 is 19.4 Å². The summed E-state index contributed by atoms with van der Waals surface area (Å²) in [5.74, 6) is -1.01. The van der Waals surface area contributed by atoms with Crippen molar-refractivity contribution in [1.29, 1.82) is 0 Å². The number of nitrogens with one attached hydrogen (secondary N) is 1. The summed E-state index contributed by atoms with van der Waals surface area (Å²) >= 11 is 11.7. The first-order valence-electron chi connectivity index (χ1n) is 7.01. The van der Waals surface area contributed by atoms with E-state index in [1.54, 1.807) is 25.1 Å². The Balaban J connectivity index is 1.87. The molecule has 0 spiro atoms. The summed E-state index contributed by atoms with van der Waals surface area (Å²) in [6.07, 6.45) is 1.01. The van der Waals surface area contributed by atoms with Gasteiger partial charge in [0.25, 0.3) is 5.91 Å². The average Bonchev–Trinajstić information content (AvgIpc) is 2.91. The Morgan fingerprint density at radius 3 is 2.64 bits per heavy atom. The van der Waals surface area contributed by atoms with Gasteiger partial charge in [0.2, 0.25) is 0 Å². The summed E-state index contributed by atoms with van der Waals surface area (Å²) in [7, 11) is 0. The Morgan fingerprint density at radius 2 is 2.05 bits per heavy atom. The molecule has 1 fully saturated rings. The Hall–Kier alpha value is -1.46. The van der Waals surface area contributed by atoms with Crippen LogP contribution in [0.3, 0.4) is 0 Å². The standard InChI is InChI=1S/C15H17Cl2NO4/c1-8(22-11-4-5-12(16)13(17)7-11)14(19)18-10-3-2-9(6-10)15(20)21/h4-5,7-10H,2-3,6H2,1H3,(H,18,19)(H,20,21)/t8?,9-,10+/m0/s1. The Labute approximate surface area is 138 Å². The zero-order valence-corrected chi connectivity index (χ0v) is 13.5. The number of amides is 1. The van der Waals surface area contributed by atoms with Gasteiger partial charge in [0.1, 0.15) is 5.75 Å². The van der Waals surface area contributed by atoms with Crippen molar-refractivity contribution in [2.75, 3.05) is 0 Å². The molecule has 1 unspecified atom stereocenters. The van der Waals surface area contributed by atoms with Crippen LogP contribution in [0.25, 0.3) is 0 Å². The van der Waals surface area contributed by atoms with Crippen molar-refractivity contribution in [2.24, 2.45) is 5.92 Å². The van der Waals surface area contributed by atoms with E-state index >= 15 is 0 Å². The fourth-order valence-electron chi connectivity index (χ4n) is 2.46. The quantitative estimate of drug-likeness (QED) is 0.859. The lowest BCUT2D eigenvalue weighted by atomic mass is 10.1. The summed E-state index contributed by atoms with van der Waals surface area (Å²) in [6.45, 7) is 1.63. The van der Waals surface area contributed by atoms with E-state index in [9.17, 15) is 9.59 Å². The summed E-state index contributed by atoms with van der Waals surface area (Å²) in [6, 6.07) is 4.66. The highest BCUT2D eigenvalue weighted by Crippen LogP contribution is 2.27. The Bertz CT molecular complexity index is 579. The first kappa shape index (κ1) is 16.9. The van der Waals surface area contributed by atoms with E-state index in [4.69, 9.17) is 33.0 Å². The van der Waals surface area contributed by atoms with E-state index in [0.29, 0.717) is 35.1 Å². The van der Waals surface area contributed by atoms with Crippen LogP contribution >= 0.6 is 23.2 Å². The molecule has 1 amide bonds. The minimum absolute atomic E-state index is 0.117. The molecule has 1 aromatic carbocycles. The number of hydrogen-bond donors (Lipinski definition) is 2. The molecule has 0 saturated heterocycles. The number of ether oxygens (including phenoxy) is 1. The largest absolute Gasteiger partial charge is 0.481 e. The molecule has 3 atom stereocenters. The summed E-state index contributed by atoms with van der Waals surface area (Å²) in [4.78, 5) is 23.0. The highest BCUT2D eigenvalue weighted by molar-refractivity contribution is 6.42. The SMILES string of the molecule is CC(Oc1ccc(Cl)c(Cl)c1)C(=O)N[C@@H]1CC[C@H](C(=O)O)C1. The fourth-order valence-corrected chi connectivity index (χ4v) is 2.75. The Morgan fingerprint density at radius 1 is 1.32 bits per heavy atom. The fraction of sp³-hybridized carbons (Fsp3) is 0.467. The predicted octanol–water partition coefficient (Wildman–Crippen LogP) is 3.13. The van der Waals surface area contributed by atoms with E-state index in [1.807, 2.05) is 0 Å². The lowest BCUT2D eigenvalue weighted by Crippen LogP contribution is -2.41. The highest BCUT2D eigenvalue weighted by Gasteiger charge is 2.31. The zero-order valence-electron chi connectivity index (χ0n) is 12.0. The van der Waals surface area contributed by atoms with Gasteiger partial charge in [-0.2, -0.15) is 0 Å². The molecule has 7 heteroatoms. The van der Waals surface area contributed by atoms with Crippen molar-refractivity contribution >= 4 is 35.1 Å². The second kappa shape index (κ2) is 7.20. The van der Waals surface area contributed by atoms with Crippen LogP contribution in [-0.2, 0) is 9.59 Å². The van der Waals surface area contributed by atoms with E-state index < -0.39 is 12.1 Å². The van der Waals surface area contributed by atoms with Gasteiger partial charge in [-0.1, -0.05) is 23.2 Å². The van der Waals surface area contributed by atoms with Gasteiger partial charge >= 0.3 is 5.97 Å². The van der Waals surface area contributed by atoms with E-state index in [-0.39, 0.29) is 17.9 Å². The number of benzene rings is 1. The van der Waals surface area contributed by atoms with Crippen molar-refractivity contribution in [1.82, 2.24) is 5.32 Å². The molecule has 1 aliphatic rings. The molecule has 1 aromatic rings. The topological polar surface area (TPSA) is 75.6 Å². The minimum atomic E-state index is -0.808. The number of aliphatic carboxylic acids is 1. The maximum Gasteiger partial charge on any atom is 0.306 e. The average molecular weight is 346 g/mol. The van der Waals surface area contributed by atoms with Gasteiger partial charge in [-0.3, -0.25) is 9.59 Å². The third-order valence-electron chi connectivity index (χ3n) is 3.70. The monoisotopic (exact) mass is 345 g/mol. The van der Waals surface area contributed by atoms with Crippen LogP contribution in [0.15, 0.2) is 18.2 Å². The summed E-state index contributed by atoms with van der Waals surface area (Å²) < 4.78 is 5.53. The summed E-state index contributed by atoms with van der Waals surface area (Å²) in [5.41, 5.74) is 0.